The quantitative estimate of drug-likeness (QED) is 0.664. The van der Waals surface area contributed by atoms with Gasteiger partial charge in [-0.3, -0.25) is 0 Å². The third kappa shape index (κ3) is 4.15. The molecular formula is C17H20ClN3O. The van der Waals surface area contributed by atoms with Crippen LogP contribution in [0.25, 0.3) is 0 Å². The number of methoxy groups -OCH3 is 1. The second-order valence-electron chi connectivity index (χ2n) is 5.09. The first-order chi connectivity index (χ1) is 10.5. The summed E-state index contributed by atoms with van der Waals surface area (Å²) in [7, 11) is 1.59. The van der Waals surface area contributed by atoms with E-state index in [1.165, 1.54) is 11.1 Å². The summed E-state index contributed by atoms with van der Waals surface area (Å²) in [6, 6.07) is 11.6. The molecule has 2 aromatic rings. The highest BCUT2D eigenvalue weighted by Gasteiger charge is 2.02. The molecule has 0 aliphatic heterocycles. The number of nitrogens with two attached hydrogens (primary N) is 1. The molecule has 2 rings (SSSR count). The number of nitrogens with zero attached hydrogens (tertiary/aromatic N) is 1. The minimum Gasteiger partial charge on any atom is -0.495 e. The van der Waals surface area contributed by atoms with E-state index in [0.29, 0.717) is 23.3 Å². The first-order valence-corrected chi connectivity index (χ1v) is 7.34. The maximum absolute atomic E-state index is 6.09. The molecule has 0 bridgehead atoms. The Morgan fingerprint density at radius 2 is 1.95 bits per heavy atom. The summed E-state index contributed by atoms with van der Waals surface area (Å²) in [6.45, 7) is 4.59. The maximum Gasteiger partial charge on any atom is 0.193 e. The SMILES string of the molecule is COc1ccc(CN=C(N)Nc2ccc(C)c(C)c2)cc1Cl. The zero-order chi connectivity index (χ0) is 16.1. The minimum atomic E-state index is 0.371. The molecule has 0 saturated heterocycles. The molecule has 0 unspecified atom stereocenters. The van der Waals surface area contributed by atoms with Gasteiger partial charge in [-0.2, -0.15) is 0 Å². The van der Waals surface area contributed by atoms with E-state index in [4.69, 9.17) is 22.1 Å². The number of rotatable bonds is 4. The zero-order valence-corrected chi connectivity index (χ0v) is 13.7. The number of anilines is 1. The van der Waals surface area contributed by atoms with Gasteiger partial charge in [0, 0.05) is 5.69 Å². The van der Waals surface area contributed by atoms with Crippen LogP contribution in [0.4, 0.5) is 5.69 Å². The normalized spacial score (nSPS) is 11.4. The molecule has 0 saturated carbocycles. The molecule has 0 atom stereocenters. The fraction of sp³-hybridized carbons (Fsp3) is 0.235. The number of aliphatic imine (C=N–C) groups is 1. The fourth-order valence-electron chi connectivity index (χ4n) is 1.99. The van der Waals surface area contributed by atoms with Crippen molar-refractivity contribution in [3.05, 3.63) is 58.1 Å². The summed E-state index contributed by atoms with van der Waals surface area (Å²) in [5.41, 5.74) is 10.3. The number of guanidine groups is 1. The lowest BCUT2D eigenvalue weighted by atomic mass is 10.1. The molecule has 0 aliphatic rings. The van der Waals surface area contributed by atoms with Gasteiger partial charge in [0.05, 0.1) is 18.7 Å². The van der Waals surface area contributed by atoms with Crippen molar-refractivity contribution in [2.45, 2.75) is 20.4 Å². The highest BCUT2D eigenvalue weighted by atomic mass is 35.5. The number of aryl methyl sites for hydroxylation is 2. The third-order valence-corrected chi connectivity index (χ3v) is 3.72. The van der Waals surface area contributed by atoms with Gasteiger partial charge in [-0.25, -0.2) is 4.99 Å². The highest BCUT2D eigenvalue weighted by molar-refractivity contribution is 6.32. The van der Waals surface area contributed by atoms with Crippen LogP contribution in [-0.2, 0) is 6.54 Å². The molecule has 0 aliphatic carbocycles. The van der Waals surface area contributed by atoms with E-state index in [1.807, 2.05) is 36.4 Å². The van der Waals surface area contributed by atoms with E-state index >= 15 is 0 Å². The third-order valence-electron chi connectivity index (χ3n) is 3.43. The summed E-state index contributed by atoms with van der Waals surface area (Å²) >= 11 is 6.09. The van der Waals surface area contributed by atoms with Crippen LogP contribution < -0.4 is 15.8 Å². The van der Waals surface area contributed by atoms with Crippen molar-refractivity contribution in [3.63, 3.8) is 0 Å². The molecule has 3 N–H and O–H groups in total. The highest BCUT2D eigenvalue weighted by Crippen LogP contribution is 2.25. The topological polar surface area (TPSA) is 59.6 Å². The molecule has 5 heteroatoms. The molecule has 0 fully saturated rings. The van der Waals surface area contributed by atoms with E-state index in [-0.39, 0.29) is 0 Å². The molecule has 0 spiro atoms. The van der Waals surface area contributed by atoms with Crippen molar-refractivity contribution in [2.24, 2.45) is 10.7 Å². The lowest BCUT2D eigenvalue weighted by Crippen LogP contribution is -2.22. The lowest BCUT2D eigenvalue weighted by Gasteiger charge is -2.08. The molecule has 0 heterocycles. The number of nitrogens with one attached hydrogen (secondary N) is 1. The van der Waals surface area contributed by atoms with Gasteiger partial charge in [-0.05, 0) is 54.8 Å². The van der Waals surface area contributed by atoms with Gasteiger partial charge in [-0.1, -0.05) is 23.7 Å². The van der Waals surface area contributed by atoms with Crippen molar-refractivity contribution >= 4 is 23.2 Å². The van der Waals surface area contributed by atoms with Gasteiger partial charge in [-0.15, -0.1) is 0 Å². The first-order valence-electron chi connectivity index (χ1n) is 6.96. The van der Waals surface area contributed by atoms with Crippen LogP contribution in [0.5, 0.6) is 5.75 Å². The largest absolute Gasteiger partial charge is 0.495 e. The number of hydrogen-bond donors (Lipinski definition) is 2. The van der Waals surface area contributed by atoms with Crippen molar-refractivity contribution in [1.29, 1.82) is 0 Å². The molecule has 0 radical (unpaired) electrons. The standard InChI is InChI=1S/C17H20ClN3O/c1-11-4-6-14(8-12(11)2)21-17(19)20-10-13-5-7-16(22-3)15(18)9-13/h4-9H,10H2,1-3H3,(H3,19,20,21). The van der Waals surface area contributed by atoms with Crippen molar-refractivity contribution < 1.29 is 4.74 Å². The Morgan fingerprint density at radius 3 is 2.59 bits per heavy atom. The number of ether oxygens (including phenoxy) is 1. The monoisotopic (exact) mass is 317 g/mol. The smallest absolute Gasteiger partial charge is 0.193 e. The van der Waals surface area contributed by atoms with Crippen LogP contribution >= 0.6 is 11.6 Å². The first kappa shape index (κ1) is 16.2. The van der Waals surface area contributed by atoms with Gasteiger partial charge in [0.1, 0.15) is 5.75 Å². The summed E-state index contributed by atoms with van der Waals surface area (Å²) in [4.78, 5) is 4.32. The van der Waals surface area contributed by atoms with E-state index in [1.54, 1.807) is 7.11 Å². The average molecular weight is 318 g/mol. The van der Waals surface area contributed by atoms with Crippen LogP contribution in [0.1, 0.15) is 16.7 Å². The Balaban J connectivity index is 2.03. The minimum absolute atomic E-state index is 0.371. The Hall–Kier alpha value is -2.20. The van der Waals surface area contributed by atoms with E-state index < -0.39 is 0 Å². The van der Waals surface area contributed by atoms with Gasteiger partial charge in [0.25, 0.3) is 0 Å². The van der Waals surface area contributed by atoms with Crippen LogP contribution in [-0.4, -0.2) is 13.1 Å². The number of benzene rings is 2. The van der Waals surface area contributed by atoms with Gasteiger partial charge >= 0.3 is 0 Å². The molecule has 0 aromatic heterocycles. The average Bonchev–Trinajstić information content (AvgIpc) is 2.49. The Bertz CT molecular complexity index is 698. The van der Waals surface area contributed by atoms with Crippen molar-refractivity contribution in [3.8, 4) is 5.75 Å². The molecule has 4 nitrogen and oxygen atoms in total. The second kappa shape index (κ2) is 7.18. The summed E-state index contributed by atoms with van der Waals surface area (Å²) in [5.74, 6) is 1.02. The van der Waals surface area contributed by atoms with Crippen LogP contribution in [0.2, 0.25) is 5.02 Å². The van der Waals surface area contributed by atoms with Crippen LogP contribution in [0.3, 0.4) is 0 Å². The molecule has 22 heavy (non-hydrogen) atoms. The van der Waals surface area contributed by atoms with Gasteiger partial charge in [0.15, 0.2) is 5.96 Å². The second-order valence-corrected chi connectivity index (χ2v) is 5.50. The summed E-state index contributed by atoms with van der Waals surface area (Å²) < 4.78 is 5.12. The van der Waals surface area contributed by atoms with E-state index in [2.05, 4.69) is 24.2 Å². The fourth-order valence-corrected chi connectivity index (χ4v) is 2.27. The van der Waals surface area contributed by atoms with E-state index in [9.17, 15) is 0 Å². The Labute approximate surface area is 136 Å². The van der Waals surface area contributed by atoms with E-state index in [0.717, 1.165) is 11.3 Å². The molecule has 2 aromatic carbocycles. The molecule has 0 amide bonds. The van der Waals surface area contributed by atoms with Crippen molar-refractivity contribution in [1.82, 2.24) is 0 Å². The van der Waals surface area contributed by atoms with Gasteiger partial charge in [0.2, 0.25) is 0 Å². The zero-order valence-electron chi connectivity index (χ0n) is 13.0. The Kier molecular flexibility index (Phi) is 5.28. The summed E-state index contributed by atoms with van der Waals surface area (Å²) in [5, 5.41) is 3.65. The number of hydrogen-bond acceptors (Lipinski definition) is 2. The van der Waals surface area contributed by atoms with Crippen molar-refractivity contribution in [2.75, 3.05) is 12.4 Å². The Morgan fingerprint density at radius 1 is 1.18 bits per heavy atom. The molecular weight excluding hydrogens is 298 g/mol. The van der Waals surface area contributed by atoms with Crippen LogP contribution in [0, 0.1) is 13.8 Å². The maximum atomic E-state index is 6.09. The summed E-state index contributed by atoms with van der Waals surface area (Å²) in [6.07, 6.45) is 0. The number of halogens is 1. The lowest BCUT2D eigenvalue weighted by molar-refractivity contribution is 0.415. The molecule has 116 valence electrons. The predicted molar refractivity (Wildman–Crippen MR) is 92.9 cm³/mol. The van der Waals surface area contributed by atoms with Gasteiger partial charge < -0.3 is 15.8 Å². The van der Waals surface area contributed by atoms with Crippen LogP contribution in [0.15, 0.2) is 41.4 Å². The predicted octanol–water partition coefficient (Wildman–Crippen LogP) is 3.89.